The first-order valence-corrected chi connectivity index (χ1v) is 13.1. The van der Waals surface area contributed by atoms with Crippen LogP contribution in [-0.4, -0.2) is 23.1 Å². The Balaban J connectivity index is 1.71. The number of oxime groups is 1. The van der Waals surface area contributed by atoms with Crippen LogP contribution in [0.5, 0.6) is 0 Å². The summed E-state index contributed by atoms with van der Waals surface area (Å²) >= 11 is 13.2. The zero-order chi connectivity index (χ0) is 27.6. The Morgan fingerprint density at radius 3 is 2.00 bits per heavy atom. The molecule has 2 unspecified atom stereocenters. The maximum atomic E-state index is 14.5. The van der Waals surface area contributed by atoms with Crippen LogP contribution in [0, 0.1) is 13.8 Å². The van der Waals surface area contributed by atoms with Gasteiger partial charge in [0, 0.05) is 16.8 Å². The van der Waals surface area contributed by atoms with Gasteiger partial charge < -0.3 is 15.5 Å². The lowest BCUT2D eigenvalue weighted by molar-refractivity contribution is -0.123. The van der Waals surface area contributed by atoms with Gasteiger partial charge in [-0.05, 0) is 55.8 Å². The third kappa shape index (κ3) is 5.13. The van der Waals surface area contributed by atoms with Crippen molar-refractivity contribution in [1.82, 2.24) is 5.32 Å². The minimum absolute atomic E-state index is 0.0950. The number of hydrogen-bond donors (Lipinski definition) is 2. The molecule has 0 aromatic heterocycles. The Hall–Kier alpha value is -4.13. The zero-order valence-electron chi connectivity index (χ0n) is 21.2. The normalized spacial score (nSPS) is 18.2. The summed E-state index contributed by atoms with van der Waals surface area (Å²) in [5, 5.41) is 10.8. The number of carbonyl (C=O) groups is 2. The molecule has 2 N–H and O–H groups in total. The van der Waals surface area contributed by atoms with Gasteiger partial charge in [-0.2, -0.15) is 0 Å². The summed E-state index contributed by atoms with van der Waals surface area (Å²) in [6.07, 6.45) is -1.03. The van der Waals surface area contributed by atoms with Gasteiger partial charge in [0.25, 0.3) is 11.8 Å². The predicted molar refractivity (Wildman–Crippen MR) is 154 cm³/mol. The molecule has 6 nitrogen and oxygen atoms in total. The number of nitrogens with one attached hydrogen (secondary N) is 2. The van der Waals surface area contributed by atoms with E-state index in [1.54, 1.807) is 60.7 Å². The van der Waals surface area contributed by atoms with Crippen LogP contribution in [-0.2, 0) is 9.63 Å². The molecule has 2 amide bonds. The smallest absolute Gasteiger partial charge is 0.261 e. The third-order valence-electron chi connectivity index (χ3n) is 6.61. The Labute approximate surface area is 236 Å². The zero-order valence-corrected chi connectivity index (χ0v) is 22.8. The van der Waals surface area contributed by atoms with Crippen molar-refractivity contribution in [1.29, 1.82) is 0 Å². The number of anilines is 1. The van der Waals surface area contributed by atoms with Crippen LogP contribution < -0.4 is 10.6 Å². The Morgan fingerprint density at radius 2 is 1.38 bits per heavy atom. The second-order valence-electron chi connectivity index (χ2n) is 9.38. The molecular weight excluding hydrogens is 533 g/mol. The second kappa shape index (κ2) is 10.9. The molecule has 0 bridgehead atoms. The summed E-state index contributed by atoms with van der Waals surface area (Å²) in [5.41, 5.74) is 2.14. The lowest BCUT2D eigenvalue weighted by Gasteiger charge is -2.34. The standard InChI is InChI=1S/C31H25Cl2N3O3/c1-19-11-15-21(16-12-19)28-31(35-29(37)22-7-4-3-5-8-22,30(38)34-23-17-13-20(2)14-18-23)27(36-39-28)26-24(32)9-6-10-25(26)33/h3-18,28H,1-2H3,(H,34,38)(H,35,37). The summed E-state index contributed by atoms with van der Waals surface area (Å²) in [6.45, 7) is 3.91. The van der Waals surface area contributed by atoms with E-state index in [1.165, 1.54) is 0 Å². The summed E-state index contributed by atoms with van der Waals surface area (Å²) in [7, 11) is 0. The van der Waals surface area contributed by atoms with E-state index in [1.807, 2.05) is 50.2 Å². The van der Waals surface area contributed by atoms with E-state index in [0.29, 0.717) is 22.4 Å². The molecule has 1 aliphatic heterocycles. The lowest BCUT2D eigenvalue weighted by Crippen LogP contribution is -2.64. The molecule has 8 heteroatoms. The van der Waals surface area contributed by atoms with Gasteiger partial charge in [0.1, 0.15) is 5.71 Å². The van der Waals surface area contributed by atoms with Crippen molar-refractivity contribution in [2.75, 3.05) is 5.32 Å². The molecule has 0 radical (unpaired) electrons. The molecule has 5 rings (SSSR count). The van der Waals surface area contributed by atoms with E-state index < -0.39 is 23.5 Å². The highest BCUT2D eigenvalue weighted by molar-refractivity contribution is 6.43. The van der Waals surface area contributed by atoms with Crippen LogP contribution in [0.15, 0.2) is 102 Å². The average Bonchev–Trinajstić information content (AvgIpc) is 3.30. The summed E-state index contributed by atoms with van der Waals surface area (Å²) in [5.74, 6) is -1.05. The Bertz CT molecular complexity index is 1530. The third-order valence-corrected chi connectivity index (χ3v) is 7.24. The van der Waals surface area contributed by atoms with Gasteiger partial charge in [0.05, 0.1) is 10.0 Å². The van der Waals surface area contributed by atoms with E-state index in [9.17, 15) is 9.59 Å². The van der Waals surface area contributed by atoms with Crippen molar-refractivity contribution in [3.8, 4) is 0 Å². The fourth-order valence-corrected chi connectivity index (χ4v) is 5.09. The summed E-state index contributed by atoms with van der Waals surface area (Å²) in [4.78, 5) is 34.2. The first-order valence-electron chi connectivity index (χ1n) is 12.3. The van der Waals surface area contributed by atoms with Crippen LogP contribution in [0.25, 0.3) is 0 Å². The van der Waals surface area contributed by atoms with Crippen molar-refractivity contribution >= 4 is 46.4 Å². The van der Waals surface area contributed by atoms with Gasteiger partial charge >= 0.3 is 0 Å². The van der Waals surface area contributed by atoms with Gasteiger partial charge in [-0.3, -0.25) is 9.59 Å². The number of amides is 2. The fourth-order valence-electron chi connectivity index (χ4n) is 4.52. The van der Waals surface area contributed by atoms with Gasteiger partial charge in [-0.15, -0.1) is 0 Å². The molecule has 0 fully saturated rings. The van der Waals surface area contributed by atoms with Gasteiger partial charge in [0.15, 0.2) is 6.10 Å². The number of rotatable bonds is 6. The lowest BCUT2D eigenvalue weighted by atomic mass is 9.79. The quantitative estimate of drug-likeness (QED) is 0.270. The van der Waals surface area contributed by atoms with E-state index in [-0.39, 0.29) is 15.8 Å². The van der Waals surface area contributed by atoms with Gasteiger partial charge in [-0.1, -0.05) is 100 Å². The van der Waals surface area contributed by atoms with Crippen LogP contribution in [0.1, 0.15) is 38.7 Å². The maximum Gasteiger partial charge on any atom is 0.261 e. The number of benzene rings is 4. The molecule has 4 aromatic carbocycles. The van der Waals surface area contributed by atoms with E-state index in [4.69, 9.17) is 28.0 Å². The molecule has 196 valence electrons. The molecule has 39 heavy (non-hydrogen) atoms. The minimum Gasteiger partial charge on any atom is -0.384 e. The minimum atomic E-state index is -1.85. The van der Waals surface area contributed by atoms with Crippen molar-refractivity contribution in [2.45, 2.75) is 25.5 Å². The number of hydrogen-bond acceptors (Lipinski definition) is 4. The van der Waals surface area contributed by atoms with Crippen molar-refractivity contribution in [3.63, 3.8) is 0 Å². The first kappa shape index (κ1) is 26.5. The van der Waals surface area contributed by atoms with Crippen LogP contribution in [0.2, 0.25) is 10.0 Å². The molecule has 0 saturated heterocycles. The Kier molecular flexibility index (Phi) is 7.42. The number of carbonyl (C=O) groups excluding carboxylic acids is 2. The van der Waals surface area contributed by atoms with Crippen LogP contribution >= 0.6 is 23.2 Å². The van der Waals surface area contributed by atoms with Crippen molar-refractivity contribution in [3.05, 3.63) is 135 Å². The molecule has 2 atom stereocenters. The summed E-state index contributed by atoms with van der Waals surface area (Å²) in [6, 6.07) is 28.4. The van der Waals surface area contributed by atoms with Gasteiger partial charge in [-0.25, -0.2) is 0 Å². The average molecular weight is 558 g/mol. The fraction of sp³-hybridized carbons (Fsp3) is 0.129. The van der Waals surface area contributed by atoms with E-state index in [0.717, 1.165) is 11.1 Å². The highest BCUT2D eigenvalue weighted by atomic mass is 35.5. The highest BCUT2D eigenvalue weighted by Crippen LogP contribution is 2.43. The molecular formula is C31H25Cl2N3O3. The van der Waals surface area contributed by atoms with E-state index >= 15 is 0 Å². The highest BCUT2D eigenvalue weighted by Gasteiger charge is 2.59. The molecule has 1 aliphatic rings. The molecule has 4 aromatic rings. The number of halogens is 2. The first-order chi connectivity index (χ1) is 18.8. The number of nitrogens with zero attached hydrogens (tertiary/aromatic N) is 1. The van der Waals surface area contributed by atoms with Crippen LogP contribution in [0.4, 0.5) is 5.69 Å². The van der Waals surface area contributed by atoms with E-state index in [2.05, 4.69) is 15.8 Å². The largest absolute Gasteiger partial charge is 0.384 e. The van der Waals surface area contributed by atoms with Gasteiger partial charge in [0.2, 0.25) is 5.54 Å². The molecule has 0 saturated carbocycles. The second-order valence-corrected chi connectivity index (χ2v) is 10.2. The molecule has 0 spiro atoms. The predicted octanol–water partition coefficient (Wildman–Crippen LogP) is 6.89. The summed E-state index contributed by atoms with van der Waals surface area (Å²) < 4.78 is 0. The van der Waals surface area contributed by atoms with Crippen molar-refractivity contribution in [2.24, 2.45) is 5.16 Å². The van der Waals surface area contributed by atoms with Crippen molar-refractivity contribution < 1.29 is 14.4 Å². The topological polar surface area (TPSA) is 79.8 Å². The Morgan fingerprint density at radius 1 is 0.795 bits per heavy atom. The number of aryl methyl sites for hydroxylation is 2. The molecule has 1 heterocycles. The molecule has 0 aliphatic carbocycles. The SMILES string of the molecule is Cc1ccc(NC(=O)C2(NC(=O)c3ccccc3)C(c3c(Cl)cccc3Cl)=NOC2c2ccc(C)cc2)cc1. The van der Waals surface area contributed by atoms with Crippen LogP contribution in [0.3, 0.4) is 0 Å². The maximum absolute atomic E-state index is 14.5. The monoisotopic (exact) mass is 557 g/mol.